The monoisotopic (exact) mass is 312 g/mol. The molecule has 0 saturated heterocycles. The lowest BCUT2D eigenvalue weighted by Gasteiger charge is -2.12. The lowest BCUT2D eigenvalue weighted by Crippen LogP contribution is -2.08. The van der Waals surface area contributed by atoms with Crippen molar-refractivity contribution in [3.05, 3.63) is 32.9 Å². The molecular formula is C10H8F3I. The normalized spacial score (nSPS) is 17.1. The summed E-state index contributed by atoms with van der Waals surface area (Å²) in [7, 11) is 0. The third-order valence-corrected chi connectivity index (χ3v) is 3.01. The average molecular weight is 312 g/mol. The number of rotatable bonds is 1. The Morgan fingerprint density at radius 3 is 2.36 bits per heavy atom. The zero-order chi connectivity index (χ0) is 10.3. The molecule has 1 aliphatic rings. The highest BCUT2D eigenvalue weighted by Gasteiger charge is 2.37. The third kappa shape index (κ3) is 2.04. The van der Waals surface area contributed by atoms with Crippen molar-refractivity contribution in [2.45, 2.75) is 24.9 Å². The molecule has 0 spiro atoms. The van der Waals surface area contributed by atoms with Gasteiger partial charge >= 0.3 is 6.18 Å². The van der Waals surface area contributed by atoms with Gasteiger partial charge in [0.15, 0.2) is 0 Å². The number of hydrogen-bond donors (Lipinski definition) is 0. The van der Waals surface area contributed by atoms with Crippen LogP contribution < -0.4 is 0 Å². The fourth-order valence-electron chi connectivity index (χ4n) is 1.52. The van der Waals surface area contributed by atoms with E-state index < -0.39 is 11.7 Å². The molecule has 1 saturated carbocycles. The van der Waals surface area contributed by atoms with Crippen molar-refractivity contribution in [3.63, 3.8) is 0 Å². The van der Waals surface area contributed by atoms with Gasteiger partial charge in [0.1, 0.15) is 0 Å². The molecule has 0 amide bonds. The molecule has 0 unspecified atom stereocenters. The summed E-state index contributed by atoms with van der Waals surface area (Å²) in [4.78, 5) is 0. The maximum Gasteiger partial charge on any atom is 0.416 e. The molecule has 0 aromatic heterocycles. The molecule has 4 heteroatoms. The van der Waals surface area contributed by atoms with Crippen LogP contribution in [0.1, 0.15) is 29.9 Å². The first-order chi connectivity index (χ1) is 6.48. The first-order valence-corrected chi connectivity index (χ1v) is 5.43. The summed E-state index contributed by atoms with van der Waals surface area (Å²) in [6, 6.07) is 4.58. The SMILES string of the molecule is FC(F)(F)c1cc(I)ccc1C1CC1. The van der Waals surface area contributed by atoms with E-state index in [4.69, 9.17) is 0 Å². The topological polar surface area (TPSA) is 0 Å². The van der Waals surface area contributed by atoms with Gasteiger partial charge < -0.3 is 0 Å². The molecule has 0 radical (unpaired) electrons. The van der Waals surface area contributed by atoms with Crippen LogP contribution >= 0.6 is 22.6 Å². The van der Waals surface area contributed by atoms with E-state index >= 15 is 0 Å². The Morgan fingerprint density at radius 1 is 1.21 bits per heavy atom. The van der Waals surface area contributed by atoms with Crippen molar-refractivity contribution >= 4 is 22.6 Å². The quantitative estimate of drug-likeness (QED) is 0.682. The van der Waals surface area contributed by atoms with Gasteiger partial charge in [-0.05, 0) is 59.0 Å². The van der Waals surface area contributed by atoms with Crippen LogP contribution in [0.4, 0.5) is 13.2 Å². The molecule has 0 heterocycles. The average Bonchev–Trinajstić information content (AvgIpc) is 2.85. The largest absolute Gasteiger partial charge is 0.416 e. The van der Waals surface area contributed by atoms with Crippen LogP contribution in [0, 0.1) is 3.57 Å². The predicted octanol–water partition coefficient (Wildman–Crippen LogP) is 4.19. The van der Waals surface area contributed by atoms with E-state index in [1.54, 1.807) is 12.1 Å². The van der Waals surface area contributed by atoms with Gasteiger partial charge in [0.25, 0.3) is 0 Å². The summed E-state index contributed by atoms with van der Waals surface area (Å²) < 4.78 is 38.5. The highest BCUT2D eigenvalue weighted by Crippen LogP contribution is 2.46. The van der Waals surface area contributed by atoms with Crippen molar-refractivity contribution in [1.82, 2.24) is 0 Å². The van der Waals surface area contributed by atoms with Crippen LogP contribution in [0.5, 0.6) is 0 Å². The van der Waals surface area contributed by atoms with Crippen LogP contribution in [0.15, 0.2) is 18.2 Å². The minimum Gasteiger partial charge on any atom is -0.166 e. The van der Waals surface area contributed by atoms with Gasteiger partial charge in [0.2, 0.25) is 0 Å². The molecule has 2 rings (SSSR count). The molecule has 0 nitrogen and oxygen atoms in total. The van der Waals surface area contributed by atoms with Crippen LogP contribution in [0.3, 0.4) is 0 Å². The molecule has 0 aliphatic heterocycles. The fraction of sp³-hybridized carbons (Fsp3) is 0.400. The summed E-state index contributed by atoms with van der Waals surface area (Å²) in [6.45, 7) is 0. The molecule has 1 aromatic rings. The minimum atomic E-state index is -4.21. The second-order valence-electron chi connectivity index (χ2n) is 3.50. The molecule has 0 bridgehead atoms. The summed E-state index contributed by atoms with van der Waals surface area (Å²) >= 11 is 1.91. The molecule has 14 heavy (non-hydrogen) atoms. The highest BCUT2D eigenvalue weighted by atomic mass is 127. The first-order valence-electron chi connectivity index (χ1n) is 4.35. The maximum absolute atomic E-state index is 12.6. The highest BCUT2D eigenvalue weighted by molar-refractivity contribution is 14.1. The number of halogens is 4. The molecule has 76 valence electrons. The Labute approximate surface area is 93.6 Å². The van der Waals surface area contributed by atoms with Gasteiger partial charge in [-0.15, -0.1) is 0 Å². The van der Waals surface area contributed by atoms with Gasteiger partial charge in [-0.1, -0.05) is 6.07 Å². The zero-order valence-corrected chi connectivity index (χ0v) is 9.39. The van der Waals surface area contributed by atoms with E-state index in [9.17, 15) is 13.2 Å². The van der Waals surface area contributed by atoms with Crippen molar-refractivity contribution in [2.75, 3.05) is 0 Å². The predicted molar refractivity (Wildman–Crippen MR) is 56.1 cm³/mol. The Hall–Kier alpha value is -0.260. The van der Waals surface area contributed by atoms with Gasteiger partial charge in [-0.2, -0.15) is 13.2 Å². The molecule has 0 atom stereocenters. The molecule has 1 fully saturated rings. The van der Waals surface area contributed by atoms with E-state index in [0.717, 1.165) is 12.8 Å². The van der Waals surface area contributed by atoms with Gasteiger partial charge in [0.05, 0.1) is 5.56 Å². The maximum atomic E-state index is 12.6. The summed E-state index contributed by atoms with van der Waals surface area (Å²) in [5.41, 5.74) is 0.0183. The van der Waals surface area contributed by atoms with Crippen molar-refractivity contribution in [3.8, 4) is 0 Å². The summed E-state index contributed by atoms with van der Waals surface area (Å²) in [5, 5.41) is 0. The van der Waals surface area contributed by atoms with E-state index in [0.29, 0.717) is 9.13 Å². The smallest absolute Gasteiger partial charge is 0.166 e. The molecule has 1 aromatic carbocycles. The Balaban J connectivity index is 2.48. The minimum absolute atomic E-state index is 0.142. The van der Waals surface area contributed by atoms with E-state index in [1.807, 2.05) is 22.6 Å². The van der Waals surface area contributed by atoms with E-state index in [2.05, 4.69) is 0 Å². The van der Waals surface area contributed by atoms with Crippen LogP contribution in [0.2, 0.25) is 0 Å². The standard InChI is InChI=1S/C10H8F3I/c11-10(12,13)9-5-7(14)3-4-8(9)6-1-2-6/h3-6H,1-2H2. The lowest BCUT2D eigenvalue weighted by molar-refractivity contribution is -0.138. The van der Waals surface area contributed by atoms with E-state index in [1.165, 1.54) is 6.07 Å². The summed E-state index contributed by atoms with van der Waals surface area (Å²) in [5.74, 6) is 0.142. The molecular weight excluding hydrogens is 304 g/mol. The Morgan fingerprint density at radius 2 is 1.86 bits per heavy atom. The van der Waals surface area contributed by atoms with Gasteiger partial charge in [-0.3, -0.25) is 0 Å². The van der Waals surface area contributed by atoms with Crippen LogP contribution in [-0.4, -0.2) is 0 Å². The van der Waals surface area contributed by atoms with Gasteiger partial charge in [0, 0.05) is 3.57 Å². The first kappa shape index (κ1) is 10.3. The number of alkyl halides is 3. The molecule has 1 aliphatic carbocycles. The Bertz CT molecular complexity index is 353. The van der Waals surface area contributed by atoms with Crippen LogP contribution in [0.25, 0.3) is 0 Å². The number of benzene rings is 1. The van der Waals surface area contributed by atoms with Crippen molar-refractivity contribution < 1.29 is 13.2 Å². The lowest BCUT2D eigenvalue weighted by atomic mass is 10.0. The second kappa shape index (κ2) is 3.40. The van der Waals surface area contributed by atoms with Crippen molar-refractivity contribution in [1.29, 1.82) is 0 Å². The summed E-state index contributed by atoms with van der Waals surface area (Å²) in [6.07, 6.45) is -2.42. The third-order valence-electron chi connectivity index (χ3n) is 2.34. The second-order valence-corrected chi connectivity index (χ2v) is 4.75. The zero-order valence-electron chi connectivity index (χ0n) is 7.24. The Kier molecular flexibility index (Phi) is 2.49. The fourth-order valence-corrected chi connectivity index (χ4v) is 2.02. The van der Waals surface area contributed by atoms with Gasteiger partial charge in [-0.25, -0.2) is 0 Å². The van der Waals surface area contributed by atoms with Crippen LogP contribution in [-0.2, 0) is 6.18 Å². The molecule has 0 N–H and O–H groups in total. The van der Waals surface area contributed by atoms with Crippen molar-refractivity contribution in [2.24, 2.45) is 0 Å². The number of hydrogen-bond acceptors (Lipinski definition) is 0. The van der Waals surface area contributed by atoms with E-state index in [-0.39, 0.29) is 5.92 Å².